The van der Waals surface area contributed by atoms with Crippen molar-refractivity contribution in [3.05, 3.63) is 51.7 Å². The number of ether oxygens (including phenoxy) is 1. The number of aromatic nitrogens is 1. The monoisotopic (exact) mass is 488 g/mol. The molecule has 0 aliphatic carbocycles. The van der Waals surface area contributed by atoms with Gasteiger partial charge in [0.1, 0.15) is 12.4 Å². The summed E-state index contributed by atoms with van der Waals surface area (Å²) in [5.41, 5.74) is 1.66. The molecule has 2 amide bonds. The van der Waals surface area contributed by atoms with Crippen LogP contribution in [0.4, 0.5) is 4.39 Å². The van der Waals surface area contributed by atoms with Gasteiger partial charge in [0.2, 0.25) is 5.91 Å². The zero-order valence-electron chi connectivity index (χ0n) is 20.3. The summed E-state index contributed by atoms with van der Waals surface area (Å²) in [4.78, 5) is 36.3. The van der Waals surface area contributed by atoms with E-state index in [0.29, 0.717) is 18.7 Å². The number of amides is 2. The molecular weight excluding hydrogens is 455 g/mol. The first kappa shape index (κ1) is 24.8. The maximum absolute atomic E-state index is 13.9. The van der Waals surface area contributed by atoms with E-state index in [-0.39, 0.29) is 23.8 Å². The number of rotatable bonds is 4. The number of halogens is 1. The Balaban J connectivity index is 1.44. The maximum atomic E-state index is 13.9. The van der Waals surface area contributed by atoms with Gasteiger partial charge in [0, 0.05) is 50.6 Å². The first-order valence-electron chi connectivity index (χ1n) is 11.7. The Labute approximate surface area is 204 Å². The smallest absolute Gasteiger partial charge is 0.254 e. The third kappa shape index (κ3) is 5.47. The highest BCUT2D eigenvalue weighted by Gasteiger charge is 2.42. The molecule has 0 spiro atoms. The lowest BCUT2D eigenvalue weighted by atomic mass is 9.97. The minimum atomic E-state index is -0.857. The molecule has 1 aromatic carbocycles. The van der Waals surface area contributed by atoms with Gasteiger partial charge in [-0.3, -0.25) is 14.5 Å². The molecule has 4 rings (SSSR count). The molecule has 3 heterocycles. The van der Waals surface area contributed by atoms with Crippen molar-refractivity contribution in [2.45, 2.75) is 51.3 Å². The van der Waals surface area contributed by atoms with E-state index in [1.54, 1.807) is 30.5 Å². The van der Waals surface area contributed by atoms with Crippen molar-refractivity contribution >= 4 is 23.2 Å². The predicted octanol–water partition coefficient (Wildman–Crippen LogP) is 3.21. The number of hydrogen-bond acceptors (Lipinski definition) is 6. The molecule has 2 saturated heterocycles. The van der Waals surface area contributed by atoms with E-state index < -0.39 is 18.0 Å². The lowest BCUT2D eigenvalue weighted by Crippen LogP contribution is -2.54. The molecule has 2 aliphatic heterocycles. The van der Waals surface area contributed by atoms with Crippen molar-refractivity contribution in [2.75, 3.05) is 39.8 Å². The van der Waals surface area contributed by atoms with Gasteiger partial charge in [-0.15, -0.1) is 11.3 Å². The summed E-state index contributed by atoms with van der Waals surface area (Å²) in [6, 6.07) is 5.38. The Morgan fingerprint density at radius 1 is 1.24 bits per heavy atom. The van der Waals surface area contributed by atoms with E-state index in [9.17, 15) is 14.0 Å². The van der Waals surface area contributed by atoms with E-state index in [1.165, 1.54) is 17.0 Å². The third-order valence-corrected chi connectivity index (χ3v) is 7.71. The SMILES string of the molecule is CN1C(=O)COC(C(=O)N2CCCN(Cc3csc(C(C)(C)C)n3)CC2)C1c1cccc(F)c1. The molecule has 184 valence electrons. The maximum Gasteiger partial charge on any atom is 0.254 e. The summed E-state index contributed by atoms with van der Waals surface area (Å²) in [5.74, 6) is -0.783. The van der Waals surface area contributed by atoms with Crippen molar-refractivity contribution in [1.29, 1.82) is 0 Å². The highest BCUT2D eigenvalue weighted by Crippen LogP contribution is 2.31. The van der Waals surface area contributed by atoms with E-state index >= 15 is 0 Å². The van der Waals surface area contributed by atoms with Crippen molar-refractivity contribution in [1.82, 2.24) is 19.7 Å². The van der Waals surface area contributed by atoms with E-state index in [4.69, 9.17) is 9.72 Å². The molecule has 7 nitrogen and oxygen atoms in total. The van der Waals surface area contributed by atoms with Crippen molar-refractivity contribution in [3.8, 4) is 0 Å². The highest BCUT2D eigenvalue weighted by molar-refractivity contribution is 7.09. The van der Waals surface area contributed by atoms with Crippen molar-refractivity contribution < 1.29 is 18.7 Å². The van der Waals surface area contributed by atoms with Gasteiger partial charge in [-0.05, 0) is 24.1 Å². The molecule has 2 unspecified atom stereocenters. The number of thiazole rings is 1. The second kappa shape index (κ2) is 10.1. The topological polar surface area (TPSA) is 66.0 Å². The van der Waals surface area contributed by atoms with Gasteiger partial charge in [-0.2, -0.15) is 0 Å². The minimum absolute atomic E-state index is 0.0394. The van der Waals surface area contributed by atoms with Crippen LogP contribution in [0.3, 0.4) is 0 Å². The number of likely N-dealkylation sites (N-methyl/N-ethyl adjacent to an activating group) is 1. The number of benzene rings is 1. The molecule has 0 radical (unpaired) electrons. The Morgan fingerprint density at radius 2 is 2.03 bits per heavy atom. The molecule has 34 heavy (non-hydrogen) atoms. The highest BCUT2D eigenvalue weighted by atomic mass is 32.1. The van der Waals surface area contributed by atoms with Crippen LogP contribution in [0, 0.1) is 5.82 Å². The Hall–Kier alpha value is -2.36. The second-order valence-electron chi connectivity index (χ2n) is 10.1. The number of morpholine rings is 1. The normalized spacial score (nSPS) is 22.7. The predicted molar refractivity (Wildman–Crippen MR) is 129 cm³/mol. The molecule has 2 aromatic rings. The lowest BCUT2D eigenvalue weighted by molar-refractivity contribution is -0.167. The number of hydrogen-bond donors (Lipinski definition) is 0. The lowest BCUT2D eigenvalue weighted by Gasteiger charge is -2.40. The second-order valence-corrected chi connectivity index (χ2v) is 10.9. The van der Waals surface area contributed by atoms with E-state index in [1.807, 2.05) is 4.90 Å². The van der Waals surface area contributed by atoms with Crippen LogP contribution in [-0.4, -0.2) is 77.4 Å². The number of carbonyl (C=O) groups excluding carboxylic acids is 2. The molecule has 2 aliphatic rings. The van der Waals surface area contributed by atoms with Crippen molar-refractivity contribution in [2.24, 2.45) is 0 Å². The minimum Gasteiger partial charge on any atom is -0.356 e. The first-order valence-corrected chi connectivity index (χ1v) is 12.6. The summed E-state index contributed by atoms with van der Waals surface area (Å²) in [6.07, 6.45) is -0.0161. The molecule has 9 heteroatoms. The van der Waals surface area contributed by atoms with Crippen LogP contribution in [0.5, 0.6) is 0 Å². The summed E-state index contributed by atoms with van der Waals surface area (Å²) >= 11 is 1.70. The Morgan fingerprint density at radius 3 is 2.74 bits per heavy atom. The van der Waals surface area contributed by atoms with Gasteiger partial charge >= 0.3 is 0 Å². The van der Waals surface area contributed by atoms with Crippen LogP contribution in [0.25, 0.3) is 0 Å². The summed E-state index contributed by atoms with van der Waals surface area (Å²) < 4.78 is 19.7. The standard InChI is InChI=1S/C25H33FN4O3S/c1-25(2,3)24-27-19(16-34-24)14-29-9-6-10-30(12-11-29)23(32)22-21(28(4)20(31)15-33-22)17-7-5-8-18(26)13-17/h5,7-8,13,16,21-22H,6,9-12,14-15H2,1-4H3. The van der Waals surface area contributed by atoms with E-state index in [0.717, 1.165) is 36.8 Å². The van der Waals surface area contributed by atoms with Crippen LogP contribution < -0.4 is 0 Å². The molecule has 0 saturated carbocycles. The van der Waals surface area contributed by atoms with E-state index in [2.05, 4.69) is 31.1 Å². The molecule has 2 fully saturated rings. The largest absolute Gasteiger partial charge is 0.356 e. The fourth-order valence-electron chi connectivity index (χ4n) is 4.49. The summed E-state index contributed by atoms with van der Waals surface area (Å²) in [5, 5.41) is 3.26. The van der Waals surface area contributed by atoms with Crippen molar-refractivity contribution in [3.63, 3.8) is 0 Å². The van der Waals surface area contributed by atoms with Gasteiger partial charge in [-0.1, -0.05) is 32.9 Å². The fourth-order valence-corrected chi connectivity index (χ4v) is 5.39. The molecule has 0 bridgehead atoms. The van der Waals surface area contributed by atoms with Crippen LogP contribution >= 0.6 is 11.3 Å². The third-order valence-electron chi connectivity index (χ3n) is 6.40. The zero-order valence-corrected chi connectivity index (χ0v) is 21.1. The number of nitrogens with zero attached hydrogens (tertiary/aromatic N) is 4. The zero-order chi connectivity index (χ0) is 24.5. The Kier molecular flexibility index (Phi) is 7.35. The number of carbonyl (C=O) groups is 2. The first-order chi connectivity index (χ1) is 16.1. The van der Waals surface area contributed by atoms with Gasteiger partial charge in [0.15, 0.2) is 6.10 Å². The molecule has 0 N–H and O–H groups in total. The van der Waals surface area contributed by atoms with Gasteiger partial charge in [-0.25, -0.2) is 9.37 Å². The Bertz CT molecular complexity index is 1040. The van der Waals surface area contributed by atoms with Crippen LogP contribution in [0.15, 0.2) is 29.6 Å². The van der Waals surface area contributed by atoms with Gasteiger partial charge in [0.05, 0.1) is 16.7 Å². The van der Waals surface area contributed by atoms with Gasteiger partial charge < -0.3 is 14.5 Å². The average Bonchev–Trinajstić information content (AvgIpc) is 3.14. The quantitative estimate of drug-likeness (QED) is 0.661. The molecular formula is C25H33FN4O3S. The fraction of sp³-hybridized carbons (Fsp3) is 0.560. The average molecular weight is 489 g/mol. The summed E-state index contributed by atoms with van der Waals surface area (Å²) in [6.45, 7) is 9.91. The van der Waals surface area contributed by atoms with Gasteiger partial charge in [0.25, 0.3) is 5.91 Å². The molecule has 2 atom stereocenters. The van der Waals surface area contributed by atoms with Crippen LogP contribution in [0.2, 0.25) is 0 Å². The van der Waals surface area contributed by atoms with Crippen LogP contribution in [-0.2, 0) is 26.3 Å². The van der Waals surface area contributed by atoms with Crippen LogP contribution in [0.1, 0.15) is 49.5 Å². The summed E-state index contributed by atoms with van der Waals surface area (Å²) in [7, 11) is 1.64. The molecule has 1 aromatic heterocycles.